The summed E-state index contributed by atoms with van der Waals surface area (Å²) in [5.41, 5.74) is 0.801. The van der Waals surface area contributed by atoms with Crippen LogP contribution in [-0.2, 0) is 16.1 Å². The van der Waals surface area contributed by atoms with E-state index < -0.39 is 11.9 Å². The molecule has 0 spiro atoms. The molecule has 0 atom stereocenters. The van der Waals surface area contributed by atoms with E-state index in [0.717, 1.165) is 14.7 Å². The normalized spacial score (nSPS) is 11.8. The lowest BCUT2D eigenvalue weighted by atomic mass is 10.3. The molecule has 118 valence electrons. The van der Waals surface area contributed by atoms with Crippen molar-refractivity contribution in [3.63, 3.8) is 0 Å². The Morgan fingerprint density at radius 1 is 1.39 bits per heavy atom. The number of methoxy groups -OCH3 is 1. The smallest absolute Gasteiger partial charge is 0.325 e. The maximum absolute atomic E-state index is 12.1. The van der Waals surface area contributed by atoms with Crippen molar-refractivity contribution in [2.75, 3.05) is 7.11 Å². The summed E-state index contributed by atoms with van der Waals surface area (Å²) < 4.78 is 13.2. The Bertz CT molecular complexity index is 940. The summed E-state index contributed by atoms with van der Waals surface area (Å²) in [5, 5.41) is 0. The van der Waals surface area contributed by atoms with Crippen molar-refractivity contribution in [1.29, 1.82) is 0 Å². The van der Waals surface area contributed by atoms with Crippen LogP contribution in [0.5, 0.6) is 0 Å². The molecule has 0 aliphatic carbocycles. The number of fused-ring (bicyclic) bond motifs is 1. The van der Waals surface area contributed by atoms with Gasteiger partial charge in [0.1, 0.15) is 6.54 Å². The fourth-order valence-electron chi connectivity index (χ4n) is 2.02. The number of hydrogen-bond acceptors (Lipinski definition) is 5. The van der Waals surface area contributed by atoms with Crippen molar-refractivity contribution >= 4 is 49.4 Å². The molecule has 0 bridgehead atoms. The van der Waals surface area contributed by atoms with Crippen LogP contribution in [0.3, 0.4) is 0 Å². The molecule has 0 aliphatic heterocycles. The van der Waals surface area contributed by atoms with Gasteiger partial charge in [-0.05, 0) is 30.3 Å². The number of benzene rings is 1. The number of nitrogens with zero attached hydrogens (tertiary/aromatic N) is 2. The molecule has 0 fully saturated rings. The second-order valence-electron chi connectivity index (χ2n) is 4.55. The molecule has 0 radical (unpaired) electrons. The highest BCUT2D eigenvalue weighted by atomic mass is 79.9. The summed E-state index contributed by atoms with van der Waals surface area (Å²) in [6.07, 6.45) is 1.41. The number of amides is 1. The van der Waals surface area contributed by atoms with Gasteiger partial charge in [-0.15, -0.1) is 0 Å². The van der Waals surface area contributed by atoms with Gasteiger partial charge in [0.25, 0.3) is 0 Å². The van der Waals surface area contributed by atoms with Gasteiger partial charge in [0.2, 0.25) is 0 Å². The predicted octanol–water partition coefficient (Wildman–Crippen LogP) is 2.97. The highest BCUT2D eigenvalue weighted by Gasteiger charge is 2.13. The first-order chi connectivity index (χ1) is 11.1. The van der Waals surface area contributed by atoms with Gasteiger partial charge < -0.3 is 13.7 Å². The van der Waals surface area contributed by atoms with Crippen molar-refractivity contribution in [3.8, 4) is 0 Å². The fraction of sp³-hybridized carbons (Fsp3) is 0.133. The quantitative estimate of drug-likeness (QED) is 0.640. The Morgan fingerprint density at radius 2 is 2.22 bits per heavy atom. The van der Waals surface area contributed by atoms with Crippen LogP contribution < -0.4 is 4.80 Å². The van der Waals surface area contributed by atoms with Crippen LogP contribution in [0.1, 0.15) is 10.6 Å². The maximum Gasteiger partial charge on any atom is 0.325 e. The maximum atomic E-state index is 12.1. The molecule has 3 aromatic rings. The Balaban J connectivity index is 2.16. The lowest BCUT2D eigenvalue weighted by molar-refractivity contribution is -0.141. The van der Waals surface area contributed by atoms with Crippen molar-refractivity contribution in [2.24, 2.45) is 4.99 Å². The third-order valence-corrected chi connectivity index (χ3v) is 4.62. The van der Waals surface area contributed by atoms with E-state index in [0.29, 0.717) is 4.80 Å². The molecule has 1 aromatic carbocycles. The van der Waals surface area contributed by atoms with Gasteiger partial charge in [-0.1, -0.05) is 27.3 Å². The van der Waals surface area contributed by atoms with E-state index in [1.54, 1.807) is 16.7 Å². The molecule has 0 unspecified atom stereocenters. The number of carbonyl (C=O) groups excluding carboxylic acids is 2. The molecular weight excluding hydrogens is 384 g/mol. The average Bonchev–Trinajstić information content (AvgIpc) is 3.16. The third kappa shape index (κ3) is 3.27. The molecule has 0 saturated carbocycles. The van der Waals surface area contributed by atoms with Gasteiger partial charge in [0.05, 0.1) is 23.6 Å². The van der Waals surface area contributed by atoms with Crippen molar-refractivity contribution in [3.05, 3.63) is 51.6 Å². The van der Waals surface area contributed by atoms with E-state index in [9.17, 15) is 9.59 Å². The van der Waals surface area contributed by atoms with Crippen LogP contribution in [0.25, 0.3) is 10.2 Å². The summed E-state index contributed by atoms with van der Waals surface area (Å²) in [6.45, 7) is -0.0254. The molecule has 0 saturated heterocycles. The largest absolute Gasteiger partial charge is 0.468 e. The first kappa shape index (κ1) is 15.7. The fourth-order valence-corrected chi connectivity index (χ4v) is 3.60. The number of halogens is 1. The number of carbonyl (C=O) groups is 2. The van der Waals surface area contributed by atoms with Crippen LogP contribution in [0, 0.1) is 0 Å². The summed E-state index contributed by atoms with van der Waals surface area (Å²) in [7, 11) is 1.32. The predicted molar refractivity (Wildman–Crippen MR) is 88.1 cm³/mol. The molecule has 2 aromatic heterocycles. The Morgan fingerprint density at radius 3 is 2.91 bits per heavy atom. The van der Waals surface area contributed by atoms with Crippen LogP contribution >= 0.6 is 27.3 Å². The van der Waals surface area contributed by atoms with Gasteiger partial charge in [-0.2, -0.15) is 4.99 Å². The van der Waals surface area contributed by atoms with Crippen molar-refractivity contribution in [1.82, 2.24) is 4.57 Å². The van der Waals surface area contributed by atoms with Crippen LogP contribution in [0.2, 0.25) is 0 Å². The van der Waals surface area contributed by atoms with E-state index in [2.05, 4.69) is 20.9 Å². The van der Waals surface area contributed by atoms with E-state index in [1.807, 2.05) is 18.2 Å². The summed E-state index contributed by atoms with van der Waals surface area (Å²) >= 11 is 4.72. The Labute approximate surface area is 143 Å². The number of furan rings is 1. The molecule has 2 heterocycles. The molecule has 3 rings (SSSR count). The van der Waals surface area contributed by atoms with Gasteiger partial charge in [0.15, 0.2) is 10.6 Å². The zero-order chi connectivity index (χ0) is 16.4. The van der Waals surface area contributed by atoms with E-state index >= 15 is 0 Å². The van der Waals surface area contributed by atoms with E-state index in [1.165, 1.54) is 24.7 Å². The highest BCUT2D eigenvalue weighted by Crippen LogP contribution is 2.22. The zero-order valence-corrected chi connectivity index (χ0v) is 14.4. The van der Waals surface area contributed by atoms with Crippen molar-refractivity contribution in [2.45, 2.75) is 6.54 Å². The highest BCUT2D eigenvalue weighted by molar-refractivity contribution is 9.10. The van der Waals surface area contributed by atoms with Gasteiger partial charge in [-0.3, -0.25) is 9.59 Å². The standard InChI is InChI=1S/C15H11BrN2O4S/c1-21-13(19)8-18-10-5-4-9(16)7-12(10)23-15(18)17-14(20)11-3-2-6-22-11/h2-7H,8H2,1H3. The van der Waals surface area contributed by atoms with E-state index in [4.69, 9.17) is 9.15 Å². The molecule has 0 N–H and O–H groups in total. The number of rotatable bonds is 3. The molecule has 23 heavy (non-hydrogen) atoms. The summed E-state index contributed by atoms with van der Waals surface area (Å²) in [4.78, 5) is 28.3. The second-order valence-corrected chi connectivity index (χ2v) is 6.48. The van der Waals surface area contributed by atoms with Crippen molar-refractivity contribution < 1.29 is 18.7 Å². The van der Waals surface area contributed by atoms with Gasteiger partial charge in [0, 0.05) is 4.47 Å². The lowest BCUT2D eigenvalue weighted by Gasteiger charge is -2.03. The minimum atomic E-state index is -0.501. The van der Waals surface area contributed by atoms with E-state index in [-0.39, 0.29) is 12.3 Å². The molecule has 6 nitrogen and oxygen atoms in total. The SMILES string of the molecule is COC(=O)Cn1c(=NC(=O)c2ccco2)sc2cc(Br)ccc21. The Hall–Kier alpha value is -2.19. The van der Waals surface area contributed by atoms with Gasteiger partial charge >= 0.3 is 11.9 Å². The number of ether oxygens (including phenoxy) is 1. The second kappa shape index (κ2) is 6.51. The Kier molecular flexibility index (Phi) is 4.44. The molecule has 0 aliphatic rings. The summed E-state index contributed by atoms with van der Waals surface area (Å²) in [6, 6.07) is 8.79. The van der Waals surface area contributed by atoms with Crippen LogP contribution in [-0.4, -0.2) is 23.6 Å². The minimum absolute atomic E-state index is 0.0254. The topological polar surface area (TPSA) is 73.8 Å². The zero-order valence-electron chi connectivity index (χ0n) is 12.0. The first-order valence-corrected chi connectivity index (χ1v) is 8.17. The molecule has 1 amide bonds. The first-order valence-electron chi connectivity index (χ1n) is 6.57. The summed E-state index contributed by atoms with van der Waals surface area (Å²) in [5.74, 6) is -0.771. The number of aromatic nitrogens is 1. The number of thiazole rings is 1. The number of esters is 1. The third-order valence-electron chi connectivity index (χ3n) is 3.09. The van der Waals surface area contributed by atoms with Gasteiger partial charge in [-0.25, -0.2) is 0 Å². The van der Waals surface area contributed by atoms with Crippen LogP contribution in [0.4, 0.5) is 0 Å². The minimum Gasteiger partial charge on any atom is -0.468 e. The molecule has 8 heteroatoms. The lowest BCUT2D eigenvalue weighted by Crippen LogP contribution is -2.22. The average molecular weight is 395 g/mol. The van der Waals surface area contributed by atoms with Crippen LogP contribution in [0.15, 0.2) is 50.5 Å². The monoisotopic (exact) mass is 394 g/mol. The number of hydrogen-bond donors (Lipinski definition) is 0. The molecular formula is C15H11BrN2O4S.